The number of rotatable bonds is 4. The molecule has 1 N–H and O–H groups in total. The van der Waals surface area contributed by atoms with Gasteiger partial charge in [0.05, 0.1) is 12.2 Å². The molecule has 0 saturated carbocycles. The van der Waals surface area contributed by atoms with E-state index in [2.05, 4.69) is 21.2 Å². The van der Waals surface area contributed by atoms with Gasteiger partial charge in [-0.1, -0.05) is 28.1 Å². The SMILES string of the molecule is CCOc1ccccc1C(=O)Nc1cc(C)c(Br)c(C)c1. The van der Waals surface area contributed by atoms with Crippen molar-refractivity contribution in [2.45, 2.75) is 20.8 Å². The number of carbonyl (C=O) groups is 1. The van der Waals surface area contributed by atoms with Gasteiger partial charge in [0.2, 0.25) is 0 Å². The van der Waals surface area contributed by atoms with Gasteiger partial charge in [-0.15, -0.1) is 0 Å². The number of nitrogens with one attached hydrogen (secondary N) is 1. The van der Waals surface area contributed by atoms with E-state index in [1.54, 1.807) is 12.1 Å². The van der Waals surface area contributed by atoms with Crippen molar-refractivity contribution in [3.63, 3.8) is 0 Å². The Bertz CT molecular complexity index is 645. The first-order valence-corrected chi connectivity index (χ1v) is 7.62. The van der Waals surface area contributed by atoms with Gasteiger partial charge in [-0.3, -0.25) is 4.79 Å². The van der Waals surface area contributed by atoms with Crippen LogP contribution in [0.3, 0.4) is 0 Å². The van der Waals surface area contributed by atoms with Gasteiger partial charge in [-0.2, -0.15) is 0 Å². The first kappa shape index (κ1) is 15.6. The summed E-state index contributed by atoms with van der Waals surface area (Å²) in [6.07, 6.45) is 0. The van der Waals surface area contributed by atoms with Crippen LogP contribution in [0.25, 0.3) is 0 Å². The molecule has 0 spiro atoms. The van der Waals surface area contributed by atoms with Crippen molar-refractivity contribution < 1.29 is 9.53 Å². The van der Waals surface area contributed by atoms with Crippen molar-refractivity contribution in [3.8, 4) is 5.75 Å². The Kier molecular flexibility index (Phi) is 5.02. The molecule has 0 aliphatic heterocycles. The Morgan fingerprint density at radius 2 is 1.81 bits per heavy atom. The summed E-state index contributed by atoms with van der Waals surface area (Å²) in [6.45, 7) is 6.43. The molecule has 21 heavy (non-hydrogen) atoms. The Hall–Kier alpha value is -1.81. The number of ether oxygens (including phenoxy) is 1. The molecule has 0 atom stereocenters. The molecule has 3 nitrogen and oxygen atoms in total. The van der Waals surface area contributed by atoms with E-state index >= 15 is 0 Å². The van der Waals surface area contributed by atoms with E-state index in [-0.39, 0.29) is 5.91 Å². The molecule has 0 radical (unpaired) electrons. The number of para-hydroxylation sites is 1. The van der Waals surface area contributed by atoms with Crippen molar-refractivity contribution in [3.05, 3.63) is 57.6 Å². The third-order valence-electron chi connectivity index (χ3n) is 3.13. The highest BCUT2D eigenvalue weighted by atomic mass is 79.9. The minimum atomic E-state index is -0.167. The standard InChI is InChI=1S/C17H18BrNO2/c1-4-21-15-8-6-5-7-14(15)17(20)19-13-9-11(2)16(18)12(3)10-13/h5-10H,4H2,1-3H3,(H,19,20). The highest BCUT2D eigenvalue weighted by molar-refractivity contribution is 9.10. The van der Waals surface area contributed by atoms with Crippen LogP contribution in [-0.2, 0) is 0 Å². The summed E-state index contributed by atoms with van der Waals surface area (Å²) in [6, 6.07) is 11.1. The molecule has 110 valence electrons. The van der Waals surface area contributed by atoms with Crippen LogP contribution in [-0.4, -0.2) is 12.5 Å². The van der Waals surface area contributed by atoms with Crippen LogP contribution in [0, 0.1) is 13.8 Å². The molecule has 0 heterocycles. The second-order valence-corrected chi connectivity index (χ2v) is 5.60. The number of carbonyl (C=O) groups excluding carboxylic acids is 1. The molecule has 0 unspecified atom stereocenters. The molecule has 2 aromatic rings. The average Bonchev–Trinajstić information content (AvgIpc) is 2.45. The highest BCUT2D eigenvalue weighted by Crippen LogP contribution is 2.26. The van der Waals surface area contributed by atoms with Gasteiger partial charge in [-0.05, 0) is 56.2 Å². The van der Waals surface area contributed by atoms with Gasteiger partial charge in [0.15, 0.2) is 0 Å². The molecule has 0 saturated heterocycles. The Balaban J connectivity index is 2.26. The monoisotopic (exact) mass is 347 g/mol. The Labute approximate surface area is 133 Å². The lowest BCUT2D eigenvalue weighted by Gasteiger charge is -2.12. The molecule has 0 bridgehead atoms. The van der Waals surface area contributed by atoms with Crippen LogP contribution in [0.1, 0.15) is 28.4 Å². The van der Waals surface area contributed by atoms with E-state index in [9.17, 15) is 4.79 Å². The van der Waals surface area contributed by atoms with Crippen LogP contribution in [0.5, 0.6) is 5.75 Å². The second-order valence-electron chi connectivity index (χ2n) is 4.81. The fourth-order valence-electron chi connectivity index (χ4n) is 2.15. The van der Waals surface area contributed by atoms with E-state index in [0.29, 0.717) is 17.9 Å². The zero-order valence-corrected chi connectivity index (χ0v) is 14.0. The van der Waals surface area contributed by atoms with Crippen molar-refractivity contribution >= 4 is 27.5 Å². The molecule has 0 aromatic heterocycles. The van der Waals surface area contributed by atoms with Crippen molar-refractivity contribution in [2.75, 3.05) is 11.9 Å². The second kappa shape index (κ2) is 6.76. The summed E-state index contributed by atoms with van der Waals surface area (Å²) in [7, 11) is 0. The smallest absolute Gasteiger partial charge is 0.259 e. The number of anilines is 1. The van der Waals surface area contributed by atoms with Gasteiger partial charge >= 0.3 is 0 Å². The van der Waals surface area contributed by atoms with Crippen LogP contribution in [0.15, 0.2) is 40.9 Å². The van der Waals surface area contributed by atoms with Crippen LogP contribution in [0.4, 0.5) is 5.69 Å². The maximum absolute atomic E-state index is 12.4. The molecular formula is C17H18BrNO2. The maximum atomic E-state index is 12.4. The van der Waals surface area contributed by atoms with Gasteiger partial charge in [-0.25, -0.2) is 0 Å². The van der Waals surface area contributed by atoms with Gasteiger partial charge in [0, 0.05) is 10.2 Å². The van der Waals surface area contributed by atoms with Crippen molar-refractivity contribution in [2.24, 2.45) is 0 Å². The van der Waals surface area contributed by atoms with Crippen LogP contribution >= 0.6 is 15.9 Å². The first-order chi connectivity index (χ1) is 10.0. The minimum Gasteiger partial charge on any atom is -0.493 e. The topological polar surface area (TPSA) is 38.3 Å². The Morgan fingerprint density at radius 1 is 1.19 bits per heavy atom. The number of halogens is 1. The molecule has 4 heteroatoms. The summed E-state index contributed by atoms with van der Waals surface area (Å²) < 4.78 is 6.56. The molecular weight excluding hydrogens is 330 g/mol. The fraction of sp³-hybridized carbons (Fsp3) is 0.235. The third kappa shape index (κ3) is 3.64. The summed E-state index contributed by atoms with van der Waals surface area (Å²) >= 11 is 3.52. The van der Waals surface area contributed by atoms with Crippen LogP contribution < -0.4 is 10.1 Å². The zero-order chi connectivity index (χ0) is 15.4. The van der Waals surface area contributed by atoms with Gasteiger partial charge < -0.3 is 10.1 Å². The summed E-state index contributed by atoms with van der Waals surface area (Å²) in [5.74, 6) is 0.434. The van der Waals surface area contributed by atoms with E-state index in [1.165, 1.54) is 0 Å². The maximum Gasteiger partial charge on any atom is 0.259 e. The van der Waals surface area contributed by atoms with Crippen molar-refractivity contribution in [1.29, 1.82) is 0 Å². The molecule has 1 amide bonds. The lowest BCUT2D eigenvalue weighted by atomic mass is 10.1. The molecule has 0 aliphatic carbocycles. The summed E-state index contributed by atoms with van der Waals surface area (Å²) in [4.78, 5) is 12.4. The lowest BCUT2D eigenvalue weighted by molar-refractivity contribution is 0.102. The fourth-order valence-corrected chi connectivity index (χ4v) is 2.38. The van der Waals surface area contributed by atoms with E-state index in [4.69, 9.17) is 4.74 Å². The molecule has 0 aliphatic rings. The van der Waals surface area contributed by atoms with Crippen molar-refractivity contribution in [1.82, 2.24) is 0 Å². The first-order valence-electron chi connectivity index (χ1n) is 6.83. The molecule has 0 fully saturated rings. The van der Waals surface area contributed by atoms with E-state index in [1.807, 2.05) is 45.0 Å². The highest BCUT2D eigenvalue weighted by Gasteiger charge is 2.13. The summed E-state index contributed by atoms with van der Waals surface area (Å²) in [5, 5.41) is 2.93. The quantitative estimate of drug-likeness (QED) is 0.868. The van der Waals surface area contributed by atoms with Gasteiger partial charge in [0.25, 0.3) is 5.91 Å². The number of hydrogen-bond donors (Lipinski definition) is 1. The molecule has 2 rings (SSSR count). The summed E-state index contributed by atoms with van der Waals surface area (Å²) in [5.41, 5.74) is 3.49. The largest absolute Gasteiger partial charge is 0.493 e. The van der Waals surface area contributed by atoms with E-state index in [0.717, 1.165) is 21.3 Å². The zero-order valence-electron chi connectivity index (χ0n) is 12.4. The minimum absolute atomic E-state index is 0.167. The predicted molar refractivity (Wildman–Crippen MR) is 89.2 cm³/mol. The van der Waals surface area contributed by atoms with E-state index < -0.39 is 0 Å². The number of amides is 1. The van der Waals surface area contributed by atoms with Gasteiger partial charge in [0.1, 0.15) is 5.75 Å². The number of benzene rings is 2. The Morgan fingerprint density at radius 3 is 2.43 bits per heavy atom. The predicted octanol–water partition coefficient (Wildman–Crippen LogP) is 4.72. The number of aryl methyl sites for hydroxylation is 2. The normalized spacial score (nSPS) is 10.3. The lowest BCUT2D eigenvalue weighted by Crippen LogP contribution is -2.14. The average molecular weight is 348 g/mol. The third-order valence-corrected chi connectivity index (χ3v) is 4.38. The van der Waals surface area contributed by atoms with Crippen LogP contribution in [0.2, 0.25) is 0 Å². The molecule has 2 aromatic carbocycles. The number of hydrogen-bond acceptors (Lipinski definition) is 2.